The van der Waals surface area contributed by atoms with Crippen molar-refractivity contribution in [1.82, 2.24) is 5.32 Å². The molecular weight excluding hydrogens is 270 g/mol. The fourth-order valence-corrected chi connectivity index (χ4v) is 3.12. The summed E-state index contributed by atoms with van der Waals surface area (Å²) in [7, 11) is 0. The zero-order valence-corrected chi connectivity index (χ0v) is 10.6. The lowest BCUT2D eigenvalue weighted by Crippen LogP contribution is -2.21. The molecule has 0 aromatic heterocycles. The van der Waals surface area contributed by atoms with Crippen molar-refractivity contribution in [2.24, 2.45) is 5.92 Å². The standard InChI is InChI=1S/C12H14BrNO2/c1-7-3-2-4-10(13)11(7)8-5-14-6-9(8)12(15)16/h2-4,8-9,14H,5-6H2,1H3,(H,15,16). The predicted molar refractivity (Wildman–Crippen MR) is 65.6 cm³/mol. The Bertz CT molecular complexity index is 399. The number of aryl methyl sites for hydroxylation is 1. The summed E-state index contributed by atoms with van der Waals surface area (Å²) in [5.41, 5.74) is 2.27. The molecule has 2 rings (SSSR count). The minimum absolute atomic E-state index is 0.0630. The molecule has 2 unspecified atom stereocenters. The van der Waals surface area contributed by atoms with Crippen molar-refractivity contribution in [3.63, 3.8) is 0 Å². The molecule has 1 aliphatic heterocycles. The van der Waals surface area contributed by atoms with Gasteiger partial charge in [0.25, 0.3) is 0 Å². The first-order valence-electron chi connectivity index (χ1n) is 5.30. The minimum atomic E-state index is -0.717. The predicted octanol–water partition coefficient (Wildman–Crippen LogP) is 2.15. The molecular formula is C12H14BrNO2. The molecule has 0 spiro atoms. The summed E-state index contributed by atoms with van der Waals surface area (Å²) in [5.74, 6) is -0.976. The van der Waals surface area contributed by atoms with E-state index < -0.39 is 5.97 Å². The summed E-state index contributed by atoms with van der Waals surface area (Å²) in [6.45, 7) is 3.32. The summed E-state index contributed by atoms with van der Waals surface area (Å²) in [6.07, 6.45) is 0. The molecule has 2 atom stereocenters. The van der Waals surface area contributed by atoms with Crippen molar-refractivity contribution in [3.05, 3.63) is 33.8 Å². The van der Waals surface area contributed by atoms with E-state index in [0.717, 1.165) is 22.1 Å². The van der Waals surface area contributed by atoms with Crippen LogP contribution in [0.3, 0.4) is 0 Å². The Labute approximate surface area is 103 Å². The van der Waals surface area contributed by atoms with Gasteiger partial charge in [0.1, 0.15) is 0 Å². The molecule has 0 aliphatic carbocycles. The van der Waals surface area contributed by atoms with Crippen LogP contribution in [0.5, 0.6) is 0 Å². The number of carbonyl (C=O) groups is 1. The fourth-order valence-electron chi connectivity index (χ4n) is 2.36. The van der Waals surface area contributed by atoms with Crippen LogP contribution in [-0.2, 0) is 4.79 Å². The van der Waals surface area contributed by atoms with E-state index in [-0.39, 0.29) is 11.8 Å². The number of halogens is 1. The first-order valence-corrected chi connectivity index (χ1v) is 6.09. The highest BCUT2D eigenvalue weighted by atomic mass is 79.9. The van der Waals surface area contributed by atoms with Gasteiger partial charge < -0.3 is 10.4 Å². The normalized spacial score (nSPS) is 24.6. The van der Waals surface area contributed by atoms with Gasteiger partial charge in [-0.15, -0.1) is 0 Å². The number of benzene rings is 1. The molecule has 0 saturated carbocycles. The molecule has 16 heavy (non-hydrogen) atoms. The molecule has 1 aromatic carbocycles. The van der Waals surface area contributed by atoms with Crippen molar-refractivity contribution >= 4 is 21.9 Å². The topological polar surface area (TPSA) is 49.3 Å². The smallest absolute Gasteiger partial charge is 0.308 e. The highest BCUT2D eigenvalue weighted by molar-refractivity contribution is 9.10. The highest BCUT2D eigenvalue weighted by Crippen LogP contribution is 2.35. The molecule has 1 saturated heterocycles. The summed E-state index contributed by atoms with van der Waals surface area (Å²) in [5, 5.41) is 12.3. The van der Waals surface area contributed by atoms with Crippen LogP contribution in [0.4, 0.5) is 0 Å². The van der Waals surface area contributed by atoms with E-state index in [0.29, 0.717) is 6.54 Å². The lowest BCUT2D eigenvalue weighted by molar-refractivity contribution is -0.141. The maximum absolute atomic E-state index is 11.2. The number of carboxylic acid groups (broad SMARTS) is 1. The van der Waals surface area contributed by atoms with Crippen LogP contribution in [0, 0.1) is 12.8 Å². The molecule has 0 bridgehead atoms. The van der Waals surface area contributed by atoms with Crippen LogP contribution in [0.1, 0.15) is 17.0 Å². The largest absolute Gasteiger partial charge is 0.481 e. The summed E-state index contributed by atoms with van der Waals surface area (Å²) in [6, 6.07) is 5.97. The van der Waals surface area contributed by atoms with E-state index in [4.69, 9.17) is 0 Å². The second-order valence-corrected chi connectivity index (χ2v) is 5.03. The third-order valence-corrected chi connectivity index (χ3v) is 3.86. The van der Waals surface area contributed by atoms with E-state index >= 15 is 0 Å². The SMILES string of the molecule is Cc1cccc(Br)c1C1CNCC1C(=O)O. The molecule has 0 radical (unpaired) electrons. The van der Waals surface area contributed by atoms with Gasteiger partial charge in [0.05, 0.1) is 5.92 Å². The van der Waals surface area contributed by atoms with E-state index in [2.05, 4.69) is 21.2 Å². The average Bonchev–Trinajstić information content (AvgIpc) is 2.66. The van der Waals surface area contributed by atoms with Crippen LogP contribution < -0.4 is 5.32 Å². The van der Waals surface area contributed by atoms with Gasteiger partial charge in [0.2, 0.25) is 0 Å². The zero-order valence-electron chi connectivity index (χ0n) is 9.03. The quantitative estimate of drug-likeness (QED) is 0.874. The highest BCUT2D eigenvalue weighted by Gasteiger charge is 2.35. The molecule has 1 aliphatic rings. The van der Waals surface area contributed by atoms with Gasteiger partial charge in [0, 0.05) is 23.5 Å². The Kier molecular flexibility index (Phi) is 3.30. The molecule has 1 heterocycles. The molecule has 2 N–H and O–H groups in total. The van der Waals surface area contributed by atoms with Gasteiger partial charge >= 0.3 is 5.97 Å². The third kappa shape index (κ3) is 1.99. The Hall–Kier alpha value is -0.870. The van der Waals surface area contributed by atoms with Gasteiger partial charge in [0.15, 0.2) is 0 Å². The molecule has 4 heteroatoms. The summed E-state index contributed by atoms with van der Waals surface area (Å²) < 4.78 is 1.01. The van der Waals surface area contributed by atoms with Crippen LogP contribution >= 0.6 is 15.9 Å². The van der Waals surface area contributed by atoms with Gasteiger partial charge in [-0.05, 0) is 24.1 Å². The van der Waals surface area contributed by atoms with E-state index in [1.54, 1.807) is 0 Å². The number of hydrogen-bond donors (Lipinski definition) is 2. The Balaban J connectivity index is 2.40. The monoisotopic (exact) mass is 283 g/mol. The molecule has 0 amide bonds. The number of nitrogens with one attached hydrogen (secondary N) is 1. The second-order valence-electron chi connectivity index (χ2n) is 4.18. The van der Waals surface area contributed by atoms with Crippen molar-refractivity contribution in [1.29, 1.82) is 0 Å². The first kappa shape index (κ1) is 11.6. The Morgan fingerprint density at radius 3 is 2.88 bits per heavy atom. The van der Waals surface area contributed by atoms with Crippen molar-refractivity contribution in [3.8, 4) is 0 Å². The van der Waals surface area contributed by atoms with Crippen molar-refractivity contribution in [2.75, 3.05) is 13.1 Å². The van der Waals surface area contributed by atoms with Gasteiger partial charge in [-0.1, -0.05) is 28.1 Å². The maximum atomic E-state index is 11.2. The molecule has 3 nitrogen and oxygen atoms in total. The Morgan fingerprint density at radius 2 is 2.25 bits per heavy atom. The van der Waals surface area contributed by atoms with E-state index in [9.17, 15) is 9.90 Å². The van der Waals surface area contributed by atoms with Gasteiger partial charge in [-0.3, -0.25) is 4.79 Å². The van der Waals surface area contributed by atoms with Crippen LogP contribution in [0.15, 0.2) is 22.7 Å². The van der Waals surface area contributed by atoms with Crippen molar-refractivity contribution in [2.45, 2.75) is 12.8 Å². The summed E-state index contributed by atoms with van der Waals surface area (Å²) >= 11 is 3.51. The second kappa shape index (κ2) is 4.55. The zero-order chi connectivity index (χ0) is 11.7. The Morgan fingerprint density at radius 1 is 1.50 bits per heavy atom. The lowest BCUT2D eigenvalue weighted by atomic mass is 9.86. The number of aliphatic carboxylic acids is 1. The molecule has 86 valence electrons. The number of carboxylic acids is 1. The molecule has 1 aromatic rings. The van der Waals surface area contributed by atoms with E-state index in [1.807, 2.05) is 25.1 Å². The number of rotatable bonds is 2. The fraction of sp³-hybridized carbons (Fsp3) is 0.417. The van der Waals surface area contributed by atoms with Crippen LogP contribution in [0.2, 0.25) is 0 Å². The van der Waals surface area contributed by atoms with Gasteiger partial charge in [-0.25, -0.2) is 0 Å². The van der Waals surface area contributed by atoms with Crippen molar-refractivity contribution < 1.29 is 9.90 Å². The van der Waals surface area contributed by atoms with Gasteiger partial charge in [-0.2, -0.15) is 0 Å². The minimum Gasteiger partial charge on any atom is -0.481 e. The maximum Gasteiger partial charge on any atom is 0.308 e. The third-order valence-electron chi connectivity index (χ3n) is 3.17. The van der Waals surface area contributed by atoms with Crippen LogP contribution in [0.25, 0.3) is 0 Å². The number of hydrogen-bond acceptors (Lipinski definition) is 2. The summed E-state index contributed by atoms with van der Waals surface area (Å²) in [4.78, 5) is 11.2. The average molecular weight is 284 g/mol. The lowest BCUT2D eigenvalue weighted by Gasteiger charge is -2.19. The van der Waals surface area contributed by atoms with Crippen LogP contribution in [-0.4, -0.2) is 24.2 Å². The first-order chi connectivity index (χ1) is 7.61. The van der Waals surface area contributed by atoms with E-state index in [1.165, 1.54) is 0 Å². The molecule has 1 fully saturated rings.